The molecule has 2 N–H and O–H groups in total. The fourth-order valence-corrected chi connectivity index (χ4v) is 2.54. The fourth-order valence-electron chi connectivity index (χ4n) is 2.54. The second-order valence-electron chi connectivity index (χ2n) is 5.76. The lowest BCUT2D eigenvalue weighted by atomic mass is 9.92. The molecular weight excluding hydrogens is 212 g/mol. The third-order valence-electron chi connectivity index (χ3n) is 3.98. The minimum Gasteiger partial charge on any atom is -0.393 e. The summed E-state index contributed by atoms with van der Waals surface area (Å²) in [5.74, 6) is 0.504. The third kappa shape index (κ3) is 4.41. The number of hydrogen-bond donors (Lipinski definition) is 2. The van der Waals surface area contributed by atoms with Crippen LogP contribution < -0.4 is 5.32 Å². The molecule has 0 aromatic carbocycles. The number of aliphatic hydroxyl groups excluding tert-OH is 1. The number of aliphatic hydroxyl groups is 1. The van der Waals surface area contributed by atoms with Gasteiger partial charge in [-0.1, -0.05) is 6.58 Å². The van der Waals surface area contributed by atoms with Crippen molar-refractivity contribution >= 4 is 0 Å². The maximum atomic E-state index is 9.55. The Labute approximate surface area is 105 Å². The largest absolute Gasteiger partial charge is 0.393 e. The van der Waals surface area contributed by atoms with E-state index in [9.17, 15) is 5.11 Å². The van der Waals surface area contributed by atoms with Crippen molar-refractivity contribution in [2.75, 3.05) is 26.2 Å². The van der Waals surface area contributed by atoms with Gasteiger partial charge in [0.05, 0.1) is 6.10 Å². The SMILES string of the molecule is C=C(CNC1CC1)CN1CCC(C(C)O)CC1. The van der Waals surface area contributed by atoms with Gasteiger partial charge in [-0.3, -0.25) is 4.90 Å². The topological polar surface area (TPSA) is 35.5 Å². The lowest BCUT2D eigenvalue weighted by Gasteiger charge is -2.33. The molecule has 1 saturated carbocycles. The fraction of sp³-hybridized carbons (Fsp3) is 0.857. The summed E-state index contributed by atoms with van der Waals surface area (Å²) in [5, 5.41) is 13.1. The molecule has 17 heavy (non-hydrogen) atoms. The molecule has 0 amide bonds. The van der Waals surface area contributed by atoms with Crippen molar-refractivity contribution in [1.82, 2.24) is 10.2 Å². The Morgan fingerprint density at radius 1 is 1.35 bits per heavy atom. The van der Waals surface area contributed by atoms with Crippen LogP contribution >= 0.6 is 0 Å². The zero-order valence-corrected chi connectivity index (χ0v) is 11.0. The van der Waals surface area contributed by atoms with E-state index in [4.69, 9.17) is 0 Å². The molecule has 1 unspecified atom stereocenters. The van der Waals surface area contributed by atoms with Crippen LogP contribution in [0.3, 0.4) is 0 Å². The molecule has 0 aromatic heterocycles. The molecule has 98 valence electrons. The first-order valence-corrected chi connectivity index (χ1v) is 6.95. The molecule has 1 aliphatic carbocycles. The molecule has 2 aliphatic rings. The molecule has 0 bridgehead atoms. The first-order valence-electron chi connectivity index (χ1n) is 6.95. The van der Waals surface area contributed by atoms with Crippen LogP contribution in [-0.2, 0) is 0 Å². The van der Waals surface area contributed by atoms with Gasteiger partial charge in [0.15, 0.2) is 0 Å². The van der Waals surface area contributed by atoms with Crippen molar-refractivity contribution in [3.05, 3.63) is 12.2 Å². The summed E-state index contributed by atoms with van der Waals surface area (Å²) in [6.45, 7) is 10.3. The highest BCUT2D eigenvalue weighted by Gasteiger charge is 2.23. The second-order valence-corrected chi connectivity index (χ2v) is 5.76. The molecule has 1 atom stereocenters. The molecular formula is C14H26N2O. The number of rotatable bonds is 6. The van der Waals surface area contributed by atoms with Gasteiger partial charge in [-0.2, -0.15) is 0 Å². The monoisotopic (exact) mass is 238 g/mol. The van der Waals surface area contributed by atoms with Crippen molar-refractivity contribution in [3.8, 4) is 0 Å². The van der Waals surface area contributed by atoms with E-state index in [1.807, 2.05) is 6.92 Å². The minimum atomic E-state index is -0.142. The first kappa shape index (κ1) is 13.1. The summed E-state index contributed by atoms with van der Waals surface area (Å²) in [5.41, 5.74) is 1.30. The van der Waals surface area contributed by atoms with E-state index < -0.39 is 0 Å². The number of nitrogens with one attached hydrogen (secondary N) is 1. The summed E-state index contributed by atoms with van der Waals surface area (Å²) in [6.07, 6.45) is 4.79. The number of nitrogens with zero attached hydrogens (tertiary/aromatic N) is 1. The Bertz CT molecular complexity index is 253. The highest BCUT2D eigenvalue weighted by Crippen LogP contribution is 2.21. The van der Waals surface area contributed by atoms with E-state index in [1.54, 1.807) is 0 Å². The van der Waals surface area contributed by atoms with E-state index in [1.165, 1.54) is 18.4 Å². The van der Waals surface area contributed by atoms with Gasteiger partial charge in [0, 0.05) is 19.1 Å². The van der Waals surface area contributed by atoms with Gasteiger partial charge in [0.2, 0.25) is 0 Å². The van der Waals surface area contributed by atoms with Gasteiger partial charge in [-0.15, -0.1) is 0 Å². The quantitative estimate of drug-likeness (QED) is 0.686. The summed E-state index contributed by atoms with van der Waals surface area (Å²) >= 11 is 0. The number of piperidine rings is 1. The van der Waals surface area contributed by atoms with Gasteiger partial charge in [-0.25, -0.2) is 0 Å². The smallest absolute Gasteiger partial charge is 0.0541 e. The van der Waals surface area contributed by atoms with Gasteiger partial charge in [-0.05, 0) is 57.2 Å². The molecule has 0 radical (unpaired) electrons. The summed E-state index contributed by atoms with van der Waals surface area (Å²) < 4.78 is 0. The van der Waals surface area contributed by atoms with Crippen LogP contribution in [0.5, 0.6) is 0 Å². The van der Waals surface area contributed by atoms with Crippen molar-refractivity contribution < 1.29 is 5.11 Å². The number of likely N-dealkylation sites (tertiary alicyclic amines) is 1. The standard InChI is InChI=1S/C14H26N2O/c1-11(9-15-14-3-4-14)10-16-7-5-13(6-8-16)12(2)17/h12-15,17H,1,3-10H2,2H3. The third-order valence-corrected chi connectivity index (χ3v) is 3.98. The first-order chi connectivity index (χ1) is 8.15. The van der Waals surface area contributed by atoms with Crippen molar-refractivity contribution in [1.29, 1.82) is 0 Å². The average Bonchev–Trinajstić information content (AvgIpc) is 3.11. The maximum absolute atomic E-state index is 9.55. The van der Waals surface area contributed by atoms with Crippen molar-refractivity contribution in [3.63, 3.8) is 0 Å². The van der Waals surface area contributed by atoms with Crippen LogP contribution in [0.2, 0.25) is 0 Å². The van der Waals surface area contributed by atoms with Gasteiger partial charge in [0.1, 0.15) is 0 Å². The van der Waals surface area contributed by atoms with Crippen LogP contribution in [0.15, 0.2) is 12.2 Å². The van der Waals surface area contributed by atoms with Crippen LogP contribution in [0, 0.1) is 5.92 Å². The predicted molar refractivity (Wildman–Crippen MR) is 71.0 cm³/mol. The molecule has 1 saturated heterocycles. The Morgan fingerprint density at radius 2 is 2.00 bits per heavy atom. The lowest BCUT2D eigenvalue weighted by Crippen LogP contribution is -2.39. The second kappa shape index (κ2) is 5.98. The van der Waals surface area contributed by atoms with Gasteiger partial charge >= 0.3 is 0 Å². The molecule has 2 rings (SSSR count). The normalized spacial score (nSPS) is 24.8. The highest BCUT2D eigenvalue weighted by molar-refractivity contribution is 5.02. The number of hydrogen-bond acceptors (Lipinski definition) is 3. The van der Waals surface area contributed by atoms with E-state index in [0.29, 0.717) is 5.92 Å². The van der Waals surface area contributed by atoms with Crippen LogP contribution in [0.25, 0.3) is 0 Å². The Kier molecular flexibility index (Phi) is 4.60. The lowest BCUT2D eigenvalue weighted by molar-refractivity contribution is 0.0747. The Morgan fingerprint density at radius 3 is 2.53 bits per heavy atom. The van der Waals surface area contributed by atoms with E-state index >= 15 is 0 Å². The maximum Gasteiger partial charge on any atom is 0.0541 e. The zero-order valence-electron chi connectivity index (χ0n) is 11.0. The Balaban J connectivity index is 1.61. The summed E-state index contributed by atoms with van der Waals surface area (Å²) in [6, 6.07) is 0.771. The average molecular weight is 238 g/mol. The highest BCUT2D eigenvalue weighted by atomic mass is 16.3. The Hall–Kier alpha value is -0.380. The van der Waals surface area contributed by atoms with E-state index in [-0.39, 0.29) is 6.10 Å². The minimum absolute atomic E-state index is 0.142. The van der Waals surface area contributed by atoms with Crippen LogP contribution in [0.4, 0.5) is 0 Å². The molecule has 2 fully saturated rings. The van der Waals surface area contributed by atoms with Gasteiger partial charge < -0.3 is 10.4 Å². The van der Waals surface area contributed by atoms with Crippen LogP contribution in [-0.4, -0.2) is 48.3 Å². The molecule has 3 heteroatoms. The summed E-state index contributed by atoms with van der Waals surface area (Å²) in [4.78, 5) is 2.47. The predicted octanol–water partition coefficient (Wildman–Crippen LogP) is 1.39. The van der Waals surface area contributed by atoms with Crippen LogP contribution in [0.1, 0.15) is 32.6 Å². The molecule has 0 aromatic rings. The van der Waals surface area contributed by atoms with Gasteiger partial charge in [0.25, 0.3) is 0 Å². The van der Waals surface area contributed by atoms with E-state index in [0.717, 1.165) is 45.1 Å². The molecule has 1 heterocycles. The molecule has 3 nitrogen and oxygen atoms in total. The summed E-state index contributed by atoms with van der Waals surface area (Å²) in [7, 11) is 0. The van der Waals surface area contributed by atoms with Crippen molar-refractivity contribution in [2.45, 2.75) is 44.8 Å². The van der Waals surface area contributed by atoms with Crippen molar-refractivity contribution in [2.24, 2.45) is 5.92 Å². The molecule has 0 spiro atoms. The van der Waals surface area contributed by atoms with E-state index in [2.05, 4.69) is 16.8 Å². The zero-order chi connectivity index (χ0) is 12.3. The molecule has 1 aliphatic heterocycles.